The van der Waals surface area contributed by atoms with E-state index in [1.54, 1.807) is 6.20 Å². The van der Waals surface area contributed by atoms with E-state index >= 15 is 0 Å². The smallest absolute Gasteiger partial charge is 0.307 e. The molecule has 1 aromatic carbocycles. The van der Waals surface area contributed by atoms with Crippen molar-refractivity contribution in [2.45, 2.75) is 32.4 Å². The predicted molar refractivity (Wildman–Crippen MR) is 99.7 cm³/mol. The molecule has 3 aromatic rings. The molecule has 0 radical (unpaired) electrons. The topological polar surface area (TPSA) is 66.6 Å². The van der Waals surface area contributed by atoms with Crippen LogP contribution in [0.5, 0.6) is 0 Å². The third kappa shape index (κ3) is 2.99. The first-order valence-corrected chi connectivity index (χ1v) is 8.85. The van der Waals surface area contributed by atoms with Gasteiger partial charge < -0.3 is 9.52 Å². The van der Waals surface area contributed by atoms with Crippen LogP contribution in [0.3, 0.4) is 0 Å². The summed E-state index contributed by atoms with van der Waals surface area (Å²) in [6.07, 6.45) is 2.44. The SMILES string of the molecule is CC1(C)CC(C(=O)O)CN1Cc1ccc(-c2cccc3cccnc23)o1. The summed E-state index contributed by atoms with van der Waals surface area (Å²) >= 11 is 0. The molecule has 0 amide bonds. The molecule has 1 unspecified atom stereocenters. The third-order valence-corrected chi connectivity index (χ3v) is 5.30. The van der Waals surface area contributed by atoms with Crippen LogP contribution in [0.2, 0.25) is 0 Å². The van der Waals surface area contributed by atoms with Crippen LogP contribution in [-0.4, -0.2) is 33.0 Å². The third-order valence-electron chi connectivity index (χ3n) is 5.30. The number of nitrogens with zero attached hydrogens (tertiary/aromatic N) is 2. The van der Waals surface area contributed by atoms with Gasteiger partial charge in [-0.1, -0.05) is 18.2 Å². The van der Waals surface area contributed by atoms with E-state index in [0.717, 1.165) is 28.0 Å². The molecular weight excluding hydrogens is 328 g/mol. The molecule has 1 fully saturated rings. The molecule has 1 aliphatic heterocycles. The highest BCUT2D eigenvalue weighted by atomic mass is 16.4. The van der Waals surface area contributed by atoms with Gasteiger partial charge in [-0.2, -0.15) is 0 Å². The van der Waals surface area contributed by atoms with Gasteiger partial charge in [0, 0.05) is 29.2 Å². The number of carboxylic acid groups (broad SMARTS) is 1. The Balaban J connectivity index is 1.60. The second-order valence-corrected chi connectivity index (χ2v) is 7.58. The number of likely N-dealkylation sites (tertiary alicyclic amines) is 1. The average Bonchev–Trinajstić information content (AvgIpc) is 3.19. The Morgan fingerprint density at radius 1 is 1.27 bits per heavy atom. The summed E-state index contributed by atoms with van der Waals surface area (Å²) in [5, 5.41) is 10.4. The summed E-state index contributed by atoms with van der Waals surface area (Å²) in [5.41, 5.74) is 1.73. The second-order valence-electron chi connectivity index (χ2n) is 7.58. The molecule has 1 aliphatic rings. The summed E-state index contributed by atoms with van der Waals surface area (Å²) in [7, 11) is 0. The van der Waals surface area contributed by atoms with Gasteiger partial charge in [0.25, 0.3) is 0 Å². The van der Waals surface area contributed by atoms with Crippen LogP contribution in [-0.2, 0) is 11.3 Å². The number of para-hydroxylation sites is 1. The number of fused-ring (bicyclic) bond motifs is 1. The Morgan fingerprint density at radius 3 is 2.85 bits per heavy atom. The van der Waals surface area contributed by atoms with Crippen LogP contribution in [0, 0.1) is 5.92 Å². The first kappa shape index (κ1) is 16.8. The Morgan fingerprint density at radius 2 is 2.08 bits per heavy atom. The number of aromatic nitrogens is 1. The number of aliphatic carboxylic acids is 1. The summed E-state index contributed by atoms with van der Waals surface area (Å²) in [4.78, 5) is 18.0. The number of furan rings is 1. The summed E-state index contributed by atoms with van der Waals surface area (Å²) in [6, 6.07) is 14.0. The molecule has 2 aromatic heterocycles. The van der Waals surface area contributed by atoms with Gasteiger partial charge in [-0.3, -0.25) is 14.7 Å². The zero-order valence-electron chi connectivity index (χ0n) is 15.0. The van der Waals surface area contributed by atoms with E-state index in [4.69, 9.17) is 4.42 Å². The molecule has 5 nitrogen and oxygen atoms in total. The van der Waals surface area contributed by atoms with Crippen LogP contribution in [0.4, 0.5) is 0 Å². The van der Waals surface area contributed by atoms with Crippen molar-refractivity contribution in [2.24, 2.45) is 5.92 Å². The summed E-state index contributed by atoms with van der Waals surface area (Å²) in [5.74, 6) is 0.590. The van der Waals surface area contributed by atoms with Crippen molar-refractivity contribution in [1.29, 1.82) is 0 Å². The Hall–Kier alpha value is -2.66. The lowest BCUT2D eigenvalue weighted by Gasteiger charge is -2.30. The zero-order chi connectivity index (χ0) is 18.3. The average molecular weight is 350 g/mol. The molecular formula is C21H22N2O3. The van der Waals surface area contributed by atoms with Crippen molar-refractivity contribution >= 4 is 16.9 Å². The Labute approximate surface area is 152 Å². The van der Waals surface area contributed by atoms with Crippen molar-refractivity contribution in [3.63, 3.8) is 0 Å². The molecule has 0 saturated carbocycles. The first-order valence-electron chi connectivity index (χ1n) is 8.85. The van der Waals surface area contributed by atoms with Gasteiger partial charge in [0.2, 0.25) is 0 Å². The number of hydrogen-bond acceptors (Lipinski definition) is 4. The Kier molecular flexibility index (Phi) is 4.04. The number of carboxylic acids is 1. The van der Waals surface area contributed by atoms with Crippen molar-refractivity contribution < 1.29 is 14.3 Å². The molecule has 1 atom stereocenters. The van der Waals surface area contributed by atoms with Crippen LogP contribution < -0.4 is 0 Å². The quantitative estimate of drug-likeness (QED) is 0.764. The van der Waals surface area contributed by atoms with Gasteiger partial charge >= 0.3 is 5.97 Å². The summed E-state index contributed by atoms with van der Waals surface area (Å²) in [6.45, 7) is 5.34. The van der Waals surface area contributed by atoms with Crippen LogP contribution >= 0.6 is 0 Å². The normalized spacial score (nSPS) is 19.8. The predicted octanol–water partition coefficient (Wildman–Crippen LogP) is 4.18. The molecule has 0 bridgehead atoms. The summed E-state index contributed by atoms with van der Waals surface area (Å²) < 4.78 is 6.10. The van der Waals surface area contributed by atoms with E-state index in [2.05, 4.69) is 23.7 Å². The molecule has 26 heavy (non-hydrogen) atoms. The monoisotopic (exact) mass is 350 g/mol. The van der Waals surface area contributed by atoms with Crippen LogP contribution in [0.15, 0.2) is 53.1 Å². The van der Waals surface area contributed by atoms with E-state index in [-0.39, 0.29) is 11.5 Å². The van der Waals surface area contributed by atoms with E-state index in [9.17, 15) is 9.90 Å². The van der Waals surface area contributed by atoms with E-state index < -0.39 is 5.97 Å². The first-order chi connectivity index (χ1) is 12.4. The minimum absolute atomic E-state index is 0.156. The standard InChI is InChI=1S/C21H22N2O3/c1-21(2)11-15(20(24)25)12-23(21)13-16-8-9-18(26-16)17-7-3-5-14-6-4-10-22-19(14)17/h3-10,15H,11-13H2,1-2H3,(H,24,25). The minimum Gasteiger partial charge on any atom is -0.481 e. The molecule has 0 aliphatic carbocycles. The second kappa shape index (κ2) is 6.25. The fraction of sp³-hybridized carbons (Fsp3) is 0.333. The Bertz CT molecular complexity index is 955. The van der Waals surface area contributed by atoms with Crippen LogP contribution in [0.1, 0.15) is 26.0 Å². The molecule has 134 valence electrons. The highest BCUT2D eigenvalue weighted by Gasteiger charge is 2.41. The van der Waals surface area contributed by atoms with Crippen LogP contribution in [0.25, 0.3) is 22.2 Å². The lowest BCUT2D eigenvalue weighted by atomic mass is 9.96. The van der Waals surface area contributed by atoms with Crippen molar-refractivity contribution in [2.75, 3.05) is 6.54 Å². The number of pyridine rings is 1. The van der Waals surface area contributed by atoms with E-state index in [1.807, 2.05) is 42.5 Å². The lowest BCUT2D eigenvalue weighted by Crippen LogP contribution is -2.37. The minimum atomic E-state index is -0.720. The fourth-order valence-corrected chi connectivity index (χ4v) is 3.85. The lowest BCUT2D eigenvalue weighted by molar-refractivity contribution is -0.141. The zero-order valence-corrected chi connectivity index (χ0v) is 15.0. The van der Waals surface area contributed by atoms with E-state index in [0.29, 0.717) is 19.5 Å². The van der Waals surface area contributed by atoms with Gasteiger partial charge in [0.05, 0.1) is 18.0 Å². The van der Waals surface area contributed by atoms with Crippen molar-refractivity contribution in [3.8, 4) is 11.3 Å². The number of carbonyl (C=O) groups is 1. The molecule has 4 rings (SSSR count). The largest absolute Gasteiger partial charge is 0.481 e. The van der Waals surface area contributed by atoms with Gasteiger partial charge in [0.1, 0.15) is 11.5 Å². The van der Waals surface area contributed by atoms with Gasteiger partial charge in [-0.25, -0.2) is 0 Å². The maximum absolute atomic E-state index is 11.3. The molecule has 0 spiro atoms. The number of rotatable bonds is 4. The number of hydrogen-bond donors (Lipinski definition) is 1. The van der Waals surface area contributed by atoms with Gasteiger partial charge in [-0.05, 0) is 44.5 Å². The fourth-order valence-electron chi connectivity index (χ4n) is 3.85. The number of benzene rings is 1. The van der Waals surface area contributed by atoms with Gasteiger partial charge in [0.15, 0.2) is 0 Å². The molecule has 3 heterocycles. The van der Waals surface area contributed by atoms with Crippen molar-refractivity contribution in [1.82, 2.24) is 9.88 Å². The van der Waals surface area contributed by atoms with E-state index in [1.165, 1.54) is 0 Å². The van der Waals surface area contributed by atoms with Crippen molar-refractivity contribution in [3.05, 3.63) is 54.4 Å². The molecule has 1 saturated heterocycles. The maximum Gasteiger partial charge on any atom is 0.307 e. The maximum atomic E-state index is 11.3. The van der Waals surface area contributed by atoms with Gasteiger partial charge in [-0.15, -0.1) is 0 Å². The molecule has 1 N–H and O–H groups in total. The molecule has 5 heteroatoms. The highest BCUT2D eigenvalue weighted by Crippen LogP contribution is 2.35. The highest BCUT2D eigenvalue weighted by molar-refractivity contribution is 5.92.